The summed E-state index contributed by atoms with van der Waals surface area (Å²) in [5.41, 5.74) is 3.52. The third-order valence-corrected chi connectivity index (χ3v) is 3.74. The van der Waals surface area contributed by atoms with Gasteiger partial charge in [-0.15, -0.1) is 0 Å². The number of rotatable bonds is 5. The number of carbonyl (C=O) groups excluding carboxylic acids is 2. The largest absolute Gasteiger partial charge is 0.463 e. The van der Waals surface area contributed by atoms with Crippen LogP contribution in [0, 0.1) is 0 Å². The summed E-state index contributed by atoms with van der Waals surface area (Å²) in [5.74, 6) is 0.355. The van der Waals surface area contributed by atoms with Crippen LogP contribution in [0.15, 0.2) is 58.2 Å². The minimum Gasteiger partial charge on any atom is -0.463 e. The van der Waals surface area contributed by atoms with Crippen molar-refractivity contribution in [3.05, 3.63) is 60.1 Å². The van der Waals surface area contributed by atoms with Crippen LogP contribution in [0.5, 0.6) is 0 Å². The third kappa shape index (κ3) is 3.85. The SMILES string of the molecule is O=C(CN1C[C@@H](c2ccccc2)CC1=O)N/N=C\c1ccco1. The summed E-state index contributed by atoms with van der Waals surface area (Å²) in [6.07, 6.45) is 3.37. The molecule has 3 rings (SSSR count). The van der Waals surface area contributed by atoms with Gasteiger partial charge in [-0.25, -0.2) is 5.43 Å². The van der Waals surface area contributed by atoms with Gasteiger partial charge in [0.2, 0.25) is 5.91 Å². The normalized spacial score (nSPS) is 17.8. The maximum absolute atomic E-state index is 12.0. The van der Waals surface area contributed by atoms with Gasteiger partial charge in [0.05, 0.1) is 12.5 Å². The van der Waals surface area contributed by atoms with Gasteiger partial charge in [0.1, 0.15) is 12.3 Å². The van der Waals surface area contributed by atoms with Gasteiger partial charge in [-0.3, -0.25) is 9.59 Å². The highest BCUT2D eigenvalue weighted by Gasteiger charge is 2.31. The molecule has 23 heavy (non-hydrogen) atoms. The Labute approximate surface area is 133 Å². The van der Waals surface area contributed by atoms with Gasteiger partial charge in [0.25, 0.3) is 5.91 Å². The Balaban J connectivity index is 1.52. The summed E-state index contributed by atoms with van der Waals surface area (Å²) in [4.78, 5) is 25.5. The van der Waals surface area contributed by atoms with Crippen molar-refractivity contribution in [2.24, 2.45) is 5.10 Å². The molecule has 1 aliphatic heterocycles. The number of carbonyl (C=O) groups is 2. The second-order valence-electron chi connectivity index (χ2n) is 5.39. The minimum absolute atomic E-state index is 0.0102. The van der Waals surface area contributed by atoms with Crippen LogP contribution in [0.3, 0.4) is 0 Å². The summed E-state index contributed by atoms with van der Waals surface area (Å²) < 4.78 is 5.06. The van der Waals surface area contributed by atoms with Gasteiger partial charge in [0.15, 0.2) is 0 Å². The topological polar surface area (TPSA) is 74.9 Å². The molecule has 2 amide bonds. The van der Waals surface area contributed by atoms with E-state index in [4.69, 9.17) is 4.42 Å². The number of likely N-dealkylation sites (tertiary alicyclic amines) is 1. The van der Waals surface area contributed by atoms with E-state index in [-0.39, 0.29) is 24.3 Å². The van der Waals surface area contributed by atoms with Gasteiger partial charge in [-0.2, -0.15) is 5.10 Å². The highest BCUT2D eigenvalue weighted by molar-refractivity contribution is 5.87. The van der Waals surface area contributed by atoms with Crippen molar-refractivity contribution in [1.82, 2.24) is 10.3 Å². The number of nitrogens with one attached hydrogen (secondary N) is 1. The quantitative estimate of drug-likeness (QED) is 0.675. The molecule has 1 aromatic carbocycles. The first-order valence-corrected chi connectivity index (χ1v) is 7.40. The van der Waals surface area contributed by atoms with E-state index in [1.807, 2.05) is 30.3 Å². The molecule has 6 nitrogen and oxygen atoms in total. The molecule has 1 aromatic heterocycles. The fourth-order valence-electron chi connectivity index (χ4n) is 2.61. The number of hydrogen-bond acceptors (Lipinski definition) is 4. The Morgan fingerprint density at radius 1 is 1.30 bits per heavy atom. The molecule has 0 saturated carbocycles. The lowest BCUT2D eigenvalue weighted by molar-refractivity contribution is -0.133. The average Bonchev–Trinajstić information content (AvgIpc) is 3.19. The predicted octanol–water partition coefficient (Wildman–Crippen LogP) is 1.75. The van der Waals surface area contributed by atoms with Crippen LogP contribution in [0.1, 0.15) is 23.7 Å². The molecule has 0 spiro atoms. The fourth-order valence-corrected chi connectivity index (χ4v) is 2.61. The van der Waals surface area contributed by atoms with Crippen LogP contribution < -0.4 is 5.43 Å². The first-order chi connectivity index (χ1) is 11.2. The first kappa shape index (κ1) is 15.0. The van der Waals surface area contributed by atoms with E-state index in [1.165, 1.54) is 12.5 Å². The number of benzene rings is 1. The van der Waals surface area contributed by atoms with Crippen molar-refractivity contribution in [1.29, 1.82) is 0 Å². The molecular formula is C17H17N3O3. The lowest BCUT2D eigenvalue weighted by Crippen LogP contribution is -2.36. The van der Waals surface area contributed by atoms with Gasteiger partial charge >= 0.3 is 0 Å². The van der Waals surface area contributed by atoms with Crippen LogP contribution in [-0.4, -0.2) is 36.0 Å². The molecular weight excluding hydrogens is 294 g/mol. The third-order valence-electron chi connectivity index (χ3n) is 3.74. The molecule has 0 bridgehead atoms. The molecule has 0 radical (unpaired) electrons. The Morgan fingerprint density at radius 3 is 2.87 bits per heavy atom. The molecule has 0 unspecified atom stereocenters. The second kappa shape index (κ2) is 6.91. The van der Waals surface area contributed by atoms with Crippen molar-refractivity contribution < 1.29 is 14.0 Å². The zero-order valence-corrected chi connectivity index (χ0v) is 12.5. The zero-order chi connectivity index (χ0) is 16.1. The van der Waals surface area contributed by atoms with E-state index in [2.05, 4.69) is 10.5 Å². The summed E-state index contributed by atoms with van der Waals surface area (Å²) in [7, 11) is 0. The summed E-state index contributed by atoms with van der Waals surface area (Å²) in [6, 6.07) is 13.3. The van der Waals surface area contributed by atoms with Crippen molar-refractivity contribution in [3.8, 4) is 0 Å². The highest BCUT2D eigenvalue weighted by atomic mass is 16.3. The lowest BCUT2D eigenvalue weighted by atomic mass is 9.99. The van der Waals surface area contributed by atoms with E-state index in [0.29, 0.717) is 18.7 Å². The number of furan rings is 1. The fraction of sp³-hybridized carbons (Fsp3) is 0.235. The number of amides is 2. The molecule has 1 atom stereocenters. The summed E-state index contributed by atoms with van der Waals surface area (Å²) in [5, 5.41) is 3.80. The molecule has 0 aliphatic carbocycles. The van der Waals surface area contributed by atoms with Crippen molar-refractivity contribution in [2.45, 2.75) is 12.3 Å². The van der Waals surface area contributed by atoms with E-state index in [9.17, 15) is 9.59 Å². The van der Waals surface area contributed by atoms with Gasteiger partial charge in [-0.05, 0) is 17.7 Å². The van der Waals surface area contributed by atoms with E-state index >= 15 is 0 Å². The lowest BCUT2D eigenvalue weighted by Gasteiger charge is -2.15. The molecule has 2 aromatic rings. The van der Waals surface area contributed by atoms with Gasteiger partial charge < -0.3 is 9.32 Å². The zero-order valence-electron chi connectivity index (χ0n) is 12.5. The Morgan fingerprint density at radius 2 is 2.13 bits per heavy atom. The second-order valence-corrected chi connectivity index (χ2v) is 5.39. The van der Waals surface area contributed by atoms with Crippen molar-refractivity contribution in [2.75, 3.05) is 13.1 Å². The maximum Gasteiger partial charge on any atom is 0.259 e. The van der Waals surface area contributed by atoms with Gasteiger partial charge in [-0.1, -0.05) is 30.3 Å². The minimum atomic E-state index is -0.324. The molecule has 1 N–H and O–H groups in total. The Hall–Kier alpha value is -2.89. The number of nitrogens with zero attached hydrogens (tertiary/aromatic N) is 2. The smallest absolute Gasteiger partial charge is 0.259 e. The van der Waals surface area contributed by atoms with Gasteiger partial charge in [0, 0.05) is 18.9 Å². The predicted molar refractivity (Wildman–Crippen MR) is 84.8 cm³/mol. The molecule has 1 aliphatic rings. The van der Waals surface area contributed by atoms with Crippen LogP contribution in [0.25, 0.3) is 0 Å². The van der Waals surface area contributed by atoms with Crippen molar-refractivity contribution >= 4 is 18.0 Å². The van der Waals surface area contributed by atoms with Crippen LogP contribution in [0.4, 0.5) is 0 Å². The van der Waals surface area contributed by atoms with E-state index in [1.54, 1.807) is 17.0 Å². The molecule has 118 valence electrons. The maximum atomic E-state index is 12.0. The van der Waals surface area contributed by atoms with E-state index < -0.39 is 0 Å². The standard InChI is InChI=1S/C17H17N3O3/c21-16(19-18-10-15-7-4-8-23-15)12-20-11-14(9-17(20)22)13-5-2-1-3-6-13/h1-8,10,14H,9,11-12H2,(H,19,21)/b18-10-/t14-/m0/s1. The Bertz CT molecular complexity index is 695. The Kier molecular flexibility index (Phi) is 4.52. The van der Waals surface area contributed by atoms with Crippen molar-refractivity contribution in [3.63, 3.8) is 0 Å². The molecule has 2 heterocycles. The van der Waals surface area contributed by atoms with Crippen LogP contribution >= 0.6 is 0 Å². The summed E-state index contributed by atoms with van der Waals surface area (Å²) in [6.45, 7) is 0.565. The number of hydrogen-bond donors (Lipinski definition) is 1. The van der Waals surface area contributed by atoms with Crippen LogP contribution in [-0.2, 0) is 9.59 Å². The molecule has 1 fully saturated rings. The highest BCUT2D eigenvalue weighted by Crippen LogP contribution is 2.27. The molecule has 1 saturated heterocycles. The first-order valence-electron chi connectivity index (χ1n) is 7.40. The monoisotopic (exact) mass is 311 g/mol. The van der Waals surface area contributed by atoms with Crippen LogP contribution in [0.2, 0.25) is 0 Å². The van der Waals surface area contributed by atoms with E-state index in [0.717, 1.165) is 5.56 Å². The molecule has 6 heteroatoms. The summed E-state index contributed by atoms with van der Waals surface area (Å²) >= 11 is 0. The average molecular weight is 311 g/mol. The number of hydrazone groups is 1.